The molecule has 9 nitrogen and oxygen atoms in total. The maximum Gasteiger partial charge on any atom is 0.404 e. The summed E-state index contributed by atoms with van der Waals surface area (Å²) >= 11 is 0. The highest BCUT2D eigenvalue weighted by Crippen LogP contribution is 2.40. The number of likely N-dealkylation sites (tertiary alicyclic amines) is 1. The number of fused-ring (bicyclic) bond motifs is 2. The third-order valence-corrected chi connectivity index (χ3v) is 8.02. The number of amides is 2. The van der Waals surface area contributed by atoms with Gasteiger partial charge in [0.05, 0.1) is 19.0 Å². The van der Waals surface area contributed by atoms with Crippen LogP contribution in [0.4, 0.5) is 17.6 Å². The molecule has 206 valence electrons. The minimum Gasteiger partial charge on any atom is -0.481 e. The van der Waals surface area contributed by atoms with Gasteiger partial charge in [-0.1, -0.05) is 0 Å². The molecule has 0 spiro atoms. The number of halogens is 4. The van der Waals surface area contributed by atoms with Crippen molar-refractivity contribution < 1.29 is 31.9 Å². The molecule has 2 bridgehead atoms. The lowest BCUT2D eigenvalue weighted by atomic mass is 9.89. The molecule has 3 aliphatic heterocycles. The number of nitrogens with one attached hydrogen (secondary N) is 2. The molecule has 0 aromatic carbocycles. The van der Waals surface area contributed by atoms with E-state index < -0.39 is 18.0 Å². The molecule has 3 aliphatic rings. The molecule has 1 unspecified atom stereocenters. The normalized spacial score (nSPS) is 27.8. The molecular weight excluding hydrogens is 508 g/mol. The fourth-order valence-corrected chi connectivity index (χ4v) is 6.16. The Kier molecular flexibility index (Phi) is 7.05. The summed E-state index contributed by atoms with van der Waals surface area (Å²) in [6.45, 7) is 0.144. The lowest BCUT2D eigenvalue weighted by Gasteiger charge is -2.40. The molecule has 3 fully saturated rings. The first kappa shape index (κ1) is 26.4. The van der Waals surface area contributed by atoms with Crippen LogP contribution in [0.15, 0.2) is 18.3 Å². The number of nitrogens with zero attached hydrogens (tertiary/aromatic N) is 4. The number of hydrogen-bond donors (Lipinski definition) is 2. The van der Waals surface area contributed by atoms with Crippen molar-refractivity contribution >= 4 is 11.8 Å². The Bertz CT molecular complexity index is 1190. The van der Waals surface area contributed by atoms with Crippen molar-refractivity contribution in [2.24, 2.45) is 5.92 Å². The predicted octanol–water partition coefficient (Wildman–Crippen LogP) is 3.14. The quantitative estimate of drug-likeness (QED) is 0.567. The van der Waals surface area contributed by atoms with Crippen molar-refractivity contribution in [2.75, 3.05) is 20.7 Å². The Hall–Kier alpha value is -3.22. The van der Waals surface area contributed by atoms with Gasteiger partial charge in [-0.3, -0.25) is 19.6 Å². The summed E-state index contributed by atoms with van der Waals surface area (Å²) in [5, 5.41) is 9.78. The highest BCUT2D eigenvalue weighted by atomic mass is 19.4. The number of aromatic nitrogens is 3. The number of carbonyl (C=O) groups is 2. The number of carbonyl (C=O) groups excluding carboxylic acids is 2. The van der Waals surface area contributed by atoms with Crippen LogP contribution in [0.2, 0.25) is 0 Å². The molecule has 5 rings (SSSR count). The number of methoxy groups -OCH3 is 1. The summed E-state index contributed by atoms with van der Waals surface area (Å²) in [6, 6.07) is 0.806. The third-order valence-electron chi connectivity index (χ3n) is 8.02. The van der Waals surface area contributed by atoms with E-state index >= 15 is 0 Å². The zero-order valence-corrected chi connectivity index (χ0v) is 21.1. The monoisotopic (exact) mass is 538 g/mol. The van der Waals surface area contributed by atoms with Crippen LogP contribution in [0.5, 0.6) is 5.88 Å². The van der Waals surface area contributed by atoms with Crippen LogP contribution in [0, 0.1) is 11.7 Å². The van der Waals surface area contributed by atoms with E-state index in [1.807, 2.05) is 0 Å². The highest BCUT2D eigenvalue weighted by molar-refractivity contribution is 5.94. The Balaban J connectivity index is 1.21. The topological polar surface area (TPSA) is 103 Å². The van der Waals surface area contributed by atoms with Crippen molar-refractivity contribution in [1.82, 2.24) is 30.3 Å². The molecular formula is C25H30F4N6O3. The molecule has 38 heavy (non-hydrogen) atoms. The zero-order valence-electron chi connectivity index (χ0n) is 21.1. The molecule has 0 saturated carbocycles. The van der Waals surface area contributed by atoms with Crippen molar-refractivity contribution in [1.29, 1.82) is 0 Å². The molecule has 0 aliphatic carbocycles. The maximum atomic E-state index is 14.3. The van der Waals surface area contributed by atoms with Gasteiger partial charge in [-0.2, -0.15) is 18.3 Å². The van der Waals surface area contributed by atoms with Crippen molar-refractivity contribution in [3.05, 3.63) is 29.8 Å². The van der Waals surface area contributed by atoms with Gasteiger partial charge in [-0.05, 0) is 51.6 Å². The average Bonchev–Trinajstić information content (AvgIpc) is 3.45. The van der Waals surface area contributed by atoms with E-state index in [0.717, 1.165) is 19.0 Å². The van der Waals surface area contributed by atoms with E-state index in [4.69, 9.17) is 4.74 Å². The van der Waals surface area contributed by atoms with Crippen LogP contribution in [0.25, 0.3) is 11.3 Å². The second kappa shape index (κ2) is 10.2. The summed E-state index contributed by atoms with van der Waals surface area (Å²) < 4.78 is 58.8. The highest BCUT2D eigenvalue weighted by Gasteiger charge is 2.47. The van der Waals surface area contributed by atoms with Gasteiger partial charge in [0.1, 0.15) is 6.04 Å². The van der Waals surface area contributed by atoms with Crippen molar-refractivity contribution in [3.8, 4) is 17.1 Å². The van der Waals surface area contributed by atoms with Gasteiger partial charge in [0.15, 0.2) is 11.5 Å². The molecule has 2 amide bonds. The Morgan fingerprint density at radius 3 is 2.47 bits per heavy atom. The summed E-state index contributed by atoms with van der Waals surface area (Å²) in [5.74, 6) is -1.12. The third kappa shape index (κ3) is 5.07. The van der Waals surface area contributed by atoms with E-state index in [0.29, 0.717) is 18.5 Å². The van der Waals surface area contributed by atoms with Gasteiger partial charge in [0.2, 0.25) is 11.8 Å². The maximum absolute atomic E-state index is 14.3. The minimum atomic E-state index is -4.28. The van der Waals surface area contributed by atoms with E-state index in [1.165, 1.54) is 31.2 Å². The Morgan fingerprint density at radius 2 is 1.84 bits per heavy atom. The minimum absolute atomic E-state index is 0.0506. The van der Waals surface area contributed by atoms with Crippen LogP contribution in [0.3, 0.4) is 0 Å². The lowest BCUT2D eigenvalue weighted by Crippen LogP contribution is -2.56. The molecule has 5 atom stereocenters. The van der Waals surface area contributed by atoms with E-state index in [9.17, 15) is 27.2 Å². The van der Waals surface area contributed by atoms with Crippen molar-refractivity contribution in [2.45, 2.75) is 68.9 Å². The van der Waals surface area contributed by atoms with Gasteiger partial charge >= 0.3 is 6.18 Å². The number of pyridine rings is 1. The number of ether oxygens (including phenoxy) is 1. The fraction of sp³-hybridized carbons (Fsp3) is 0.600. The van der Waals surface area contributed by atoms with Crippen LogP contribution < -0.4 is 10.1 Å². The second-order valence-electron chi connectivity index (χ2n) is 10.4. The van der Waals surface area contributed by atoms with Gasteiger partial charge in [-0.25, -0.2) is 9.37 Å². The smallest absolute Gasteiger partial charge is 0.404 e. The predicted molar refractivity (Wildman–Crippen MR) is 128 cm³/mol. The van der Waals surface area contributed by atoms with Crippen LogP contribution in [-0.4, -0.2) is 87.8 Å². The summed E-state index contributed by atoms with van der Waals surface area (Å²) in [5.41, 5.74) is 0.648. The average molecular weight is 539 g/mol. The van der Waals surface area contributed by atoms with E-state index in [-0.39, 0.29) is 72.4 Å². The Labute approximate surface area is 216 Å². The second-order valence-corrected chi connectivity index (χ2v) is 10.4. The van der Waals surface area contributed by atoms with Gasteiger partial charge < -0.3 is 15.0 Å². The molecule has 3 saturated heterocycles. The fourth-order valence-electron chi connectivity index (χ4n) is 6.16. The first-order valence-corrected chi connectivity index (χ1v) is 12.7. The van der Waals surface area contributed by atoms with Crippen LogP contribution in [-0.2, 0) is 4.79 Å². The first-order chi connectivity index (χ1) is 18.0. The SMILES string of the molecule is COc1cc(-c2cc(C(=O)N3C4CC[C@@H]3C[C@@H](C(=O)N[C@H]3CC[C@@H](C(F)(F)F)N(C)C3)C4)n[nH]2)c(F)cn1. The summed E-state index contributed by atoms with van der Waals surface area (Å²) in [4.78, 5) is 33.2. The number of alkyl halides is 3. The molecule has 0 radical (unpaired) electrons. The molecule has 2 aromatic rings. The number of piperidine rings is 2. The van der Waals surface area contributed by atoms with Crippen LogP contribution >= 0.6 is 0 Å². The molecule has 13 heteroatoms. The van der Waals surface area contributed by atoms with E-state index in [2.05, 4.69) is 20.5 Å². The number of rotatable bonds is 5. The van der Waals surface area contributed by atoms with E-state index in [1.54, 1.807) is 4.90 Å². The Morgan fingerprint density at radius 1 is 1.13 bits per heavy atom. The standard InChI is InChI=1S/C25H30F4N6O3/c1-34-12-14(3-6-21(34)25(27,28)29)31-23(36)13-7-15-4-5-16(8-13)35(15)24(37)20-10-19(32-33-20)17-9-22(38-2)30-11-18(17)26/h9-11,13-16,21H,3-8,12H2,1-2H3,(H,31,36)(H,32,33)/t13-,14-,15?,16+,21-/m0/s1. The molecule has 2 N–H and O–H groups in total. The first-order valence-electron chi connectivity index (χ1n) is 12.7. The largest absolute Gasteiger partial charge is 0.481 e. The summed E-state index contributed by atoms with van der Waals surface area (Å²) in [7, 11) is 2.85. The number of hydrogen-bond acceptors (Lipinski definition) is 6. The van der Waals surface area contributed by atoms with Gasteiger partial charge in [-0.15, -0.1) is 0 Å². The van der Waals surface area contributed by atoms with Crippen molar-refractivity contribution in [3.63, 3.8) is 0 Å². The molecule has 5 heterocycles. The molecule has 2 aromatic heterocycles. The zero-order chi connectivity index (χ0) is 27.2. The number of likely N-dealkylation sites (N-methyl/N-ethyl adjacent to an activating group) is 1. The van der Waals surface area contributed by atoms with Crippen LogP contribution in [0.1, 0.15) is 49.0 Å². The lowest BCUT2D eigenvalue weighted by molar-refractivity contribution is -0.188. The number of H-pyrrole nitrogens is 1. The van der Waals surface area contributed by atoms with Gasteiger partial charge in [0.25, 0.3) is 5.91 Å². The summed E-state index contributed by atoms with van der Waals surface area (Å²) in [6.07, 6.45) is -0.547. The van der Waals surface area contributed by atoms with Gasteiger partial charge in [0, 0.05) is 42.2 Å². The number of aromatic amines is 1.